The topological polar surface area (TPSA) is 0 Å². The van der Waals surface area contributed by atoms with Crippen molar-refractivity contribution in [2.24, 2.45) is 11.8 Å². The first-order valence-electron chi connectivity index (χ1n) is 9.30. The second-order valence-corrected chi connectivity index (χ2v) is 6.85. The van der Waals surface area contributed by atoms with Crippen LogP contribution in [0.15, 0.2) is 30.1 Å². The van der Waals surface area contributed by atoms with E-state index in [0.29, 0.717) is 0 Å². The van der Waals surface area contributed by atoms with Gasteiger partial charge in [0.1, 0.15) is 0 Å². The van der Waals surface area contributed by atoms with Crippen LogP contribution in [-0.4, -0.2) is 0 Å². The number of hydrogen-bond donors (Lipinski definition) is 0. The van der Waals surface area contributed by atoms with E-state index < -0.39 is 11.7 Å². The Labute approximate surface area is 145 Å². The zero-order chi connectivity index (χ0) is 17.4. The van der Waals surface area contributed by atoms with E-state index in [0.717, 1.165) is 37.2 Å². The van der Waals surface area contributed by atoms with Gasteiger partial charge in [-0.2, -0.15) is 4.39 Å². The van der Waals surface area contributed by atoms with E-state index in [1.54, 1.807) is 12.1 Å². The van der Waals surface area contributed by atoms with Gasteiger partial charge in [0, 0.05) is 11.5 Å². The second-order valence-electron chi connectivity index (χ2n) is 6.85. The van der Waals surface area contributed by atoms with Gasteiger partial charge in [-0.15, -0.1) is 0 Å². The molecule has 1 saturated carbocycles. The first-order chi connectivity index (χ1) is 11.6. The van der Waals surface area contributed by atoms with Crippen LogP contribution in [-0.2, 0) is 6.42 Å². The molecule has 130 valence electrons. The molecule has 1 aliphatic carbocycles. The molecule has 0 nitrogen and oxygen atoms in total. The molecule has 1 fully saturated rings. The highest BCUT2D eigenvalue weighted by Crippen LogP contribution is 2.31. The molecule has 1 aliphatic rings. The fourth-order valence-electron chi connectivity index (χ4n) is 3.46. The lowest BCUT2D eigenvalue weighted by atomic mass is 9.80. The highest BCUT2D eigenvalue weighted by atomic mass is 19.2. The summed E-state index contributed by atoms with van der Waals surface area (Å²) in [6.45, 7) is 4.31. The molecule has 1 aromatic rings. The zero-order valence-electron chi connectivity index (χ0n) is 14.9. The fourth-order valence-corrected chi connectivity index (χ4v) is 3.46. The number of hydrogen-bond acceptors (Lipinski definition) is 0. The van der Waals surface area contributed by atoms with Crippen LogP contribution >= 0.6 is 0 Å². The first kappa shape index (κ1) is 18.7. The van der Waals surface area contributed by atoms with Gasteiger partial charge < -0.3 is 0 Å². The molecule has 2 rings (SSSR count). The fraction of sp³-hybridized carbons (Fsp3) is 0.545. The summed E-state index contributed by atoms with van der Waals surface area (Å²) >= 11 is 0. The van der Waals surface area contributed by atoms with Crippen molar-refractivity contribution in [3.8, 4) is 11.8 Å². The van der Waals surface area contributed by atoms with E-state index in [4.69, 9.17) is 0 Å². The maximum absolute atomic E-state index is 14.2. The Morgan fingerprint density at radius 2 is 1.67 bits per heavy atom. The monoisotopic (exact) mass is 330 g/mol. The van der Waals surface area contributed by atoms with Gasteiger partial charge in [-0.05, 0) is 49.5 Å². The van der Waals surface area contributed by atoms with Crippen molar-refractivity contribution < 1.29 is 8.78 Å². The number of aryl methyl sites for hydroxylation is 1. The van der Waals surface area contributed by atoms with Crippen molar-refractivity contribution in [3.05, 3.63) is 41.2 Å². The molecule has 0 bridgehead atoms. The Morgan fingerprint density at radius 1 is 1.00 bits per heavy atom. The molecule has 2 heteroatoms. The molecule has 0 saturated heterocycles. The highest BCUT2D eigenvalue weighted by Gasteiger charge is 2.19. The average molecular weight is 330 g/mol. The van der Waals surface area contributed by atoms with E-state index >= 15 is 0 Å². The average Bonchev–Trinajstić information content (AvgIpc) is 2.61. The molecule has 0 amide bonds. The predicted molar refractivity (Wildman–Crippen MR) is 97.7 cm³/mol. The van der Waals surface area contributed by atoms with Crippen LogP contribution in [0.2, 0.25) is 0 Å². The predicted octanol–water partition coefficient (Wildman–Crippen LogP) is 6.86. The summed E-state index contributed by atoms with van der Waals surface area (Å²) in [7, 11) is 0. The van der Waals surface area contributed by atoms with Gasteiger partial charge in [-0.25, -0.2) is 4.39 Å². The van der Waals surface area contributed by atoms with Crippen LogP contribution in [0.5, 0.6) is 0 Å². The van der Waals surface area contributed by atoms with Crippen molar-refractivity contribution in [3.63, 3.8) is 0 Å². The van der Waals surface area contributed by atoms with Gasteiger partial charge in [0.25, 0.3) is 0 Å². The largest absolute Gasteiger partial charge is 0.209 e. The summed E-state index contributed by atoms with van der Waals surface area (Å²) in [5.74, 6) is 4.60. The number of halogens is 2. The van der Waals surface area contributed by atoms with Crippen molar-refractivity contribution in [2.45, 2.75) is 65.2 Å². The maximum atomic E-state index is 14.2. The summed E-state index contributed by atoms with van der Waals surface area (Å²) in [4.78, 5) is 0. The quantitative estimate of drug-likeness (QED) is 0.517. The molecule has 24 heavy (non-hydrogen) atoms. The molecule has 0 N–H and O–H groups in total. The number of benzene rings is 1. The Hall–Kier alpha value is -1.62. The number of allylic oxidation sites excluding steroid dienone is 1. The molecule has 0 aromatic heterocycles. The summed E-state index contributed by atoms with van der Waals surface area (Å²) in [6.07, 6.45) is 8.85. The van der Waals surface area contributed by atoms with Crippen LogP contribution in [0, 0.1) is 23.7 Å². The summed E-state index contributed by atoms with van der Waals surface area (Å²) in [6, 6.07) is 6.98. The normalized spacial score (nSPS) is 21.7. The van der Waals surface area contributed by atoms with Crippen LogP contribution in [0.4, 0.5) is 8.78 Å². The van der Waals surface area contributed by atoms with Crippen LogP contribution in [0.1, 0.15) is 69.9 Å². The molecule has 1 aromatic carbocycles. The van der Waals surface area contributed by atoms with Gasteiger partial charge in [0.05, 0.1) is 0 Å². The summed E-state index contributed by atoms with van der Waals surface area (Å²) < 4.78 is 28.2. The van der Waals surface area contributed by atoms with Gasteiger partial charge in [-0.1, -0.05) is 63.3 Å². The van der Waals surface area contributed by atoms with Gasteiger partial charge in [0.2, 0.25) is 5.83 Å². The third kappa shape index (κ3) is 5.48. The van der Waals surface area contributed by atoms with E-state index in [1.165, 1.54) is 25.7 Å². The van der Waals surface area contributed by atoms with Gasteiger partial charge in [-0.3, -0.25) is 0 Å². The Morgan fingerprint density at radius 3 is 2.25 bits per heavy atom. The van der Waals surface area contributed by atoms with Crippen molar-refractivity contribution in [1.82, 2.24) is 0 Å². The molecular formula is C22H28F2. The minimum atomic E-state index is -0.936. The third-order valence-corrected chi connectivity index (χ3v) is 4.87. The maximum Gasteiger partial charge on any atom is 0.209 e. The van der Waals surface area contributed by atoms with E-state index in [1.807, 2.05) is 12.1 Å². The second kappa shape index (κ2) is 9.62. The molecule has 0 spiro atoms. The van der Waals surface area contributed by atoms with E-state index in [2.05, 4.69) is 25.7 Å². The summed E-state index contributed by atoms with van der Waals surface area (Å²) in [5.41, 5.74) is 1.41. The Kier molecular flexibility index (Phi) is 7.50. The summed E-state index contributed by atoms with van der Waals surface area (Å²) in [5, 5.41) is 0. The molecule has 0 radical (unpaired) electrons. The Balaban J connectivity index is 1.97. The van der Waals surface area contributed by atoms with Crippen molar-refractivity contribution in [1.29, 1.82) is 0 Å². The number of rotatable bonds is 5. The minimum absolute atomic E-state index is 0.212. The lowest BCUT2D eigenvalue weighted by Crippen LogP contribution is -2.13. The zero-order valence-corrected chi connectivity index (χ0v) is 14.9. The SMILES string of the molecule is CCCc1ccc(/C(F)=C(\F)C#CC2CCC(CCC)CC2)cc1. The molecular weight excluding hydrogens is 302 g/mol. The molecule has 0 unspecified atom stereocenters. The minimum Gasteiger partial charge on any atom is -0.202 e. The third-order valence-electron chi connectivity index (χ3n) is 4.87. The standard InChI is InChI=1S/C22H28F2/c1-3-5-17-7-9-19(10-8-17)13-16-21(23)22(24)20-14-11-18(6-4-2)12-15-20/h11-12,14-15,17,19H,3-10H2,1-2H3/b22-21+. The lowest BCUT2D eigenvalue weighted by molar-refractivity contribution is 0.299. The first-order valence-corrected chi connectivity index (χ1v) is 9.30. The molecule has 0 heterocycles. The highest BCUT2D eigenvalue weighted by molar-refractivity contribution is 5.64. The smallest absolute Gasteiger partial charge is 0.202 e. The van der Waals surface area contributed by atoms with Crippen molar-refractivity contribution in [2.75, 3.05) is 0 Å². The molecule has 0 aliphatic heterocycles. The van der Waals surface area contributed by atoms with Crippen LogP contribution < -0.4 is 0 Å². The van der Waals surface area contributed by atoms with Gasteiger partial charge in [0.15, 0.2) is 5.83 Å². The molecule has 0 atom stereocenters. The van der Waals surface area contributed by atoms with E-state index in [-0.39, 0.29) is 11.5 Å². The van der Waals surface area contributed by atoms with Crippen LogP contribution in [0.25, 0.3) is 5.83 Å². The van der Waals surface area contributed by atoms with E-state index in [9.17, 15) is 8.78 Å². The lowest BCUT2D eigenvalue weighted by Gasteiger charge is -2.25. The Bertz CT molecular complexity index is 593. The van der Waals surface area contributed by atoms with Gasteiger partial charge >= 0.3 is 0 Å². The van der Waals surface area contributed by atoms with Crippen LogP contribution in [0.3, 0.4) is 0 Å². The van der Waals surface area contributed by atoms with Crippen molar-refractivity contribution >= 4 is 5.83 Å².